The lowest BCUT2D eigenvalue weighted by atomic mass is 10.1. The SMILES string of the molecule is COc1ccc(Cl)c(Cl)c1C(=O)C(F)(F)F. The van der Waals surface area contributed by atoms with E-state index < -0.39 is 22.5 Å². The molecule has 0 atom stereocenters. The first-order chi connectivity index (χ1) is 7.29. The minimum Gasteiger partial charge on any atom is -0.496 e. The molecule has 0 unspecified atom stereocenters. The van der Waals surface area contributed by atoms with Crippen LogP contribution < -0.4 is 4.74 Å². The molecule has 0 fully saturated rings. The van der Waals surface area contributed by atoms with Crippen molar-refractivity contribution in [1.29, 1.82) is 0 Å². The van der Waals surface area contributed by atoms with Gasteiger partial charge in [-0.2, -0.15) is 13.2 Å². The lowest BCUT2D eigenvalue weighted by Gasteiger charge is -2.12. The van der Waals surface area contributed by atoms with Gasteiger partial charge in [0, 0.05) is 0 Å². The molecule has 0 radical (unpaired) electrons. The maximum Gasteiger partial charge on any atom is 0.455 e. The van der Waals surface area contributed by atoms with Gasteiger partial charge in [-0.1, -0.05) is 23.2 Å². The zero-order valence-corrected chi connectivity index (χ0v) is 9.37. The van der Waals surface area contributed by atoms with Crippen molar-refractivity contribution in [3.05, 3.63) is 27.7 Å². The highest BCUT2D eigenvalue weighted by Gasteiger charge is 2.42. The third-order valence-corrected chi connectivity index (χ3v) is 2.57. The number of alkyl halides is 3. The predicted molar refractivity (Wildman–Crippen MR) is 53.4 cm³/mol. The van der Waals surface area contributed by atoms with Gasteiger partial charge in [0.25, 0.3) is 5.78 Å². The summed E-state index contributed by atoms with van der Waals surface area (Å²) < 4.78 is 41.4. The average Bonchev–Trinajstić information content (AvgIpc) is 2.19. The van der Waals surface area contributed by atoms with Crippen molar-refractivity contribution >= 4 is 29.0 Å². The van der Waals surface area contributed by atoms with Crippen molar-refractivity contribution < 1.29 is 22.7 Å². The maximum atomic E-state index is 12.3. The number of ether oxygens (including phenoxy) is 1. The highest BCUT2D eigenvalue weighted by atomic mass is 35.5. The fourth-order valence-electron chi connectivity index (χ4n) is 1.06. The molecule has 0 spiro atoms. The molecule has 7 heteroatoms. The quantitative estimate of drug-likeness (QED) is 0.767. The monoisotopic (exact) mass is 272 g/mol. The molecule has 0 amide bonds. The Balaban J connectivity index is 3.42. The highest BCUT2D eigenvalue weighted by molar-refractivity contribution is 6.44. The smallest absolute Gasteiger partial charge is 0.455 e. The Labute approximate surface area is 98.9 Å². The summed E-state index contributed by atoms with van der Waals surface area (Å²) in [4.78, 5) is 11.1. The van der Waals surface area contributed by atoms with Crippen LogP contribution in [-0.2, 0) is 0 Å². The molecule has 16 heavy (non-hydrogen) atoms. The summed E-state index contributed by atoms with van der Waals surface area (Å²) in [5, 5.41) is -0.613. The minimum absolute atomic E-state index is 0.143. The molecule has 0 saturated carbocycles. The molecule has 1 aromatic rings. The molecule has 1 rings (SSSR count). The van der Waals surface area contributed by atoms with Crippen molar-refractivity contribution in [3.63, 3.8) is 0 Å². The van der Waals surface area contributed by atoms with Gasteiger partial charge in [-0.05, 0) is 12.1 Å². The first-order valence-corrected chi connectivity index (χ1v) is 4.68. The average molecular weight is 273 g/mol. The lowest BCUT2D eigenvalue weighted by Crippen LogP contribution is -2.23. The van der Waals surface area contributed by atoms with Gasteiger partial charge in [-0.15, -0.1) is 0 Å². The maximum absolute atomic E-state index is 12.3. The molecule has 0 saturated heterocycles. The van der Waals surface area contributed by atoms with Crippen LogP contribution in [0.2, 0.25) is 10.0 Å². The summed E-state index contributed by atoms with van der Waals surface area (Å²) in [7, 11) is 1.13. The van der Waals surface area contributed by atoms with E-state index >= 15 is 0 Å². The van der Waals surface area contributed by atoms with E-state index in [0.717, 1.165) is 13.2 Å². The van der Waals surface area contributed by atoms with Gasteiger partial charge in [0.05, 0.1) is 22.7 Å². The molecule has 0 aliphatic carbocycles. The Hall–Kier alpha value is -0.940. The van der Waals surface area contributed by atoms with Crippen LogP contribution in [0.15, 0.2) is 12.1 Å². The number of ketones is 1. The number of rotatable bonds is 2. The van der Waals surface area contributed by atoms with E-state index in [1.807, 2.05) is 0 Å². The van der Waals surface area contributed by atoms with Crippen LogP contribution in [0.5, 0.6) is 5.75 Å². The number of carbonyl (C=O) groups excluding carboxylic acids is 1. The van der Waals surface area contributed by atoms with Gasteiger partial charge in [0.2, 0.25) is 0 Å². The summed E-state index contributed by atoms with van der Waals surface area (Å²) in [5.41, 5.74) is -0.774. The molecule has 0 bridgehead atoms. The van der Waals surface area contributed by atoms with Crippen molar-refractivity contribution in [3.8, 4) is 5.75 Å². The van der Waals surface area contributed by atoms with E-state index in [2.05, 4.69) is 4.74 Å². The van der Waals surface area contributed by atoms with Gasteiger partial charge in [-0.25, -0.2) is 0 Å². The van der Waals surface area contributed by atoms with Gasteiger partial charge in [-0.3, -0.25) is 4.79 Å². The van der Waals surface area contributed by atoms with Crippen molar-refractivity contribution in [2.45, 2.75) is 6.18 Å². The Kier molecular flexibility index (Phi) is 3.70. The van der Waals surface area contributed by atoms with Crippen molar-refractivity contribution in [2.24, 2.45) is 0 Å². The number of benzene rings is 1. The third kappa shape index (κ3) is 2.41. The second-order valence-corrected chi connectivity index (χ2v) is 3.55. The van der Waals surface area contributed by atoms with E-state index in [1.54, 1.807) is 0 Å². The normalized spacial score (nSPS) is 11.4. The van der Waals surface area contributed by atoms with Crippen LogP contribution in [0.3, 0.4) is 0 Å². The zero-order chi connectivity index (χ0) is 12.5. The van der Waals surface area contributed by atoms with Crippen LogP contribution in [-0.4, -0.2) is 19.1 Å². The minimum atomic E-state index is -5.03. The molecule has 0 N–H and O–H groups in total. The predicted octanol–water partition coefficient (Wildman–Crippen LogP) is 3.75. The molecule has 0 heterocycles. The number of halogens is 5. The molecule has 0 aromatic heterocycles. The number of hydrogen-bond donors (Lipinski definition) is 0. The zero-order valence-electron chi connectivity index (χ0n) is 7.86. The van der Waals surface area contributed by atoms with Gasteiger partial charge < -0.3 is 4.74 Å². The highest BCUT2D eigenvalue weighted by Crippen LogP contribution is 2.36. The van der Waals surface area contributed by atoms with E-state index in [9.17, 15) is 18.0 Å². The summed E-state index contributed by atoms with van der Waals surface area (Å²) in [6, 6.07) is 2.39. The molecule has 1 aromatic carbocycles. The van der Waals surface area contributed by atoms with Gasteiger partial charge in [0.15, 0.2) is 0 Å². The van der Waals surface area contributed by atoms with E-state index in [0.29, 0.717) is 0 Å². The van der Waals surface area contributed by atoms with E-state index in [-0.39, 0.29) is 10.8 Å². The summed E-state index contributed by atoms with van der Waals surface area (Å²) in [5.74, 6) is -2.35. The van der Waals surface area contributed by atoms with E-state index in [1.165, 1.54) is 6.07 Å². The largest absolute Gasteiger partial charge is 0.496 e. The first kappa shape index (κ1) is 13.1. The van der Waals surface area contributed by atoms with Crippen LogP contribution in [0, 0.1) is 0 Å². The molecular weight excluding hydrogens is 268 g/mol. The summed E-state index contributed by atoms with van der Waals surface area (Å²) >= 11 is 11.1. The lowest BCUT2D eigenvalue weighted by molar-refractivity contribution is -0.0886. The van der Waals surface area contributed by atoms with Crippen molar-refractivity contribution in [1.82, 2.24) is 0 Å². The second kappa shape index (κ2) is 4.51. The fourth-order valence-corrected chi connectivity index (χ4v) is 1.46. The topological polar surface area (TPSA) is 26.3 Å². The van der Waals surface area contributed by atoms with Gasteiger partial charge in [0.1, 0.15) is 5.75 Å². The fraction of sp³-hybridized carbons (Fsp3) is 0.222. The molecular formula is C9H5Cl2F3O2. The Bertz CT molecular complexity index is 429. The van der Waals surface area contributed by atoms with Crippen LogP contribution >= 0.6 is 23.2 Å². The molecule has 88 valence electrons. The summed E-state index contributed by atoms with van der Waals surface area (Å²) in [6.45, 7) is 0. The van der Waals surface area contributed by atoms with Crippen LogP contribution in [0.4, 0.5) is 13.2 Å². The number of carbonyl (C=O) groups is 1. The number of hydrogen-bond acceptors (Lipinski definition) is 2. The Morgan fingerprint density at radius 3 is 2.31 bits per heavy atom. The number of methoxy groups -OCH3 is 1. The molecule has 0 aliphatic heterocycles. The summed E-state index contributed by atoms with van der Waals surface area (Å²) in [6.07, 6.45) is -5.03. The first-order valence-electron chi connectivity index (χ1n) is 3.92. The molecule has 0 aliphatic rings. The standard InChI is InChI=1S/C9H5Cl2F3O2/c1-16-5-3-2-4(10)7(11)6(5)8(15)9(12,13)14/h2-3H,1H3. The molecule has 2 nitrogen and oxygen atoms in total. The van der Waals surface area contributed by atoms with Crippen molar-refractivity contribution in [2.75, 3.05) is 7.11 Å². The van der Waals surface area contributed by atoms with E-state index in [4.69, 9.17) is 23.2 Å². The van der Waals surface area contributed by atoms with Crippen LogP contribution in [0.1, 0.15) is 10.4 Å². The number of Topliss-reactive ketones (excluding diaryl/α,β-unsaturated/α-hetero) is 1. The van der Waals surface area contributed by atoms with Crippen LogP contribution in [0.25, 0.3) is 0 Å². The third-order valence-electron chi connectivity index (χ3n) is 1.76. The Morgan fingerprint density at radius 1 is 1.31 bits per heavy atom. The Morgan fingerprint density at radius 2 is 1.88 bits per heavy atom. The second-order valence-electron chi connectivity index (χ2n) is 2.77. The van der Waals surface area contributed by atoms with Gasteiger partial charge >= 0.3 is 6.18 Å².